The normalized spacial score (nSPS) is 19.8. The van der Waals surface area contributed by atoms with E-state index in [9.17, 15) is 30.6 Å². The molecule has 2 N–H and O–H groups in total. The first kappa shape index (κ1) is 32.4. The zero-order chi connectivity index (χ0) is 31.7. The molecule has 2 fully saturated rings. The number of nitriles is 4. The summed E-state index contributed by atoms with van der Waals surface area (Å²) in [6, 6.07) is 7.53. The van der Waals surface area contributed by atoms with Crippen LogP contribution in [0.4, 0.5) is 0 Å². The van der Waals surface area contributed by atoms with Gasteiger partial charge in [0.2, 0.25) is 0 Å². The number of amides is 2. The summed E-state index contributed by atoms with van der Waals surface area (Å²) >= 11 is 0. The minimum atomic E-state index is -0.610. The standard InChI is InChI=1S/C34H40N6O4/c1-23-27(29(25(19-35)20-36)43-33(23)13-7-5-8-14-33)31(41)39-17-11-3-4-12-18-40-32(42)28-24(2)34(15-9-6-10-16-34)44-30(28)26(21-37)22-38/h3-18H2,1-2H3,(H,39,41)(H,40,42). The Hall–Kier alpha value is -4.54. The Morgan fingerprint density at radius 3 is 1.27 bits per heavy atom. The van der Waals surface area contributed by atoms with Gasteiger partial charge in [-0.2, -0.15) is 21.0 Å². The van der Waals surface area contributed by atoms with Crippen LogP contribution < -0.4 is 10.6 Å². The molecule has 2 aliphatic heterocycles. The second kappa shape index (κ2) is 14.3. The lowest BCUT2D eigenvalue weighted by Crippen LogP contribution is -2.33. The van der Waals surface area contributed by atoms with Gasteiger partial charge in [0.15, 0.2) is 22.7 Å². The fraction of sp³-hybridized carbons (Fsp3) is 0.588. The molecule has 2 heterocycles. The molecule has 4 rings (SSSR count). The Kier molecular flexibility index (Phi) is 10.5. The molecule has 0 aromatic carbocycles. The second-order valence-electron chi connectivity index (χ2n) is 12.1. The van der Waals surface area contributed by atoms with Gasteiger partial charge in [-0.25, -0.2) is 0 Å². The van der Waals surface area contributed by atoms with Crippen molar-refractivity contribution in [2.24, 2.45) is 0 Å². The Morgan fingerprint density at radius 2 is 0.955 bits per heavy atom. The average molecular weight is 597 g/mol. The molecule has 0 unspecified atom stereocenters. The Balaban J connectivity index is 1.27. The first-order valence-corrected chi connectivity index (χ1v) is 15.7. The van der Waals surface area contributed by atoms with Crippen molar-refractivity contribution < 1.29 is 19.1 Å². The van der Waals surface area contributed by atoms with Gasteiger partial charge in [0.1, 0.15) is 35.5 Å². The molecule has 0 atom stereocenters. The van der Waals surface area contributed by atoms with Gasteiger partial charge in [-0.1, -0.05) is 25.7 Å². The number of rotatable bonds is 9. The second-order valence-corrected chi connectivity index (χ2v) is 12.1. The minimum absolute atomic E-state index is 0.102. The highest BCUT2D eigenvalue weighted by molar-refractivity contribution is 6.00. The Bertz CT molecular complexity index is 1330. The van der Waals surface area contributed by atoms with Crippen LogP contribution in [-0.2, 0) is 19.1 Å². The smallest absolute Gasteiger partial charge is 0.255 e. The minimum Gasteiger partial charge on any atom is -0.480 e. The highest BCUT2D eigenvalue weighted by Crippen LogP contribution is 2.49. The van der Waals surface area contributed by atoms with Crippen molar-refractivity contribution in [2.75, 3.05) is 13.1 Å². The maximum absolute atomic E-state index is 13.2. The summed E-state index contributed by atoms with van der Waals surface area (Å²) in [6.45, 7) is 4.61. The number of hydrogen-bond acceptors (Lipinski definition) is 8. The number of unbranched alkanes of at least 4 members (excludes halogenated alkanes) is 3. The summed E-state index contributed by atoms with van der Waals surface area (Å²) < 4.78 is 12.4. The molecule has 0 saturated heterocycles. The van der Waals surface area contributed by atoms with Crippen LogP contribution in [0.25, 0.3) is 0 Å². The number of hydrogen-bond donors (Lipinski definition) is 2. The van der Waals surface area contributed by atoms with Crippen molar-refractivity contribution in [2.45, 2.75) is 115 Å². The van der Waals surface area contributed by atoms with Crippen LogP contribution in [0.15, 0.2) is 45.0 Å². The van der Waals surface area contributed by atoms with Gasteiger partial charge in [0, 0.05) is 13.1 Å². The number of carbonyl (C=O) groups excluding carboxylic acids is 2. The summed E-state index contributed by atoms with van der Waals surface area (Å²) in [5, 5.41) is 43.8. The highest BCUT2D eigenvalue weighted by Gasteiger charge is 2.48. The quantitative estimate of drug-likeness (QED) is 0.260. The van der Waals surface area contributed by atoms with Crippen molar-refractivity contribution in [3.63, 3.8) is 0 Å². The largest absolute Gasteiger partial charge is 0.480 e. The predicted octanol–water partition coefficient (Wildman–Crippen LogP) is 5.48. The van der Waals surface area contributed by atoms with E-state index >= 15 is 0 Å². The van der Waals surface area contributed by atoms with E-state index in [0.717, 1.165) is 101 Å². The third kappa shape index (κ3) is 6.36. The molecule has 10 nitrogen and oxygen atoms in total. The summed E-state index contributed by atoms with van der Waals surface area (Å²) in [6.07, 6.45) is 12.2. The molecule has 230 valence electrons. The molecular formula is C34H40N6O4. The van der Waals surface area contributed by atoms with Crippen LogP contribution >= 0.6 is 0 Å². The van der Waals surface area contributed by atoms with Crippen LogP contribution in [0, 0.1) is 45.3 Å². The average Bonchev–Trinajstić information content (AvgIpc) is 3.46. The number of nitrogens with one attached hydrogen (secondary N) is 2. The van der Waals surface area contributed by atoms with Gasteiger partial charge in [-0.15, -0.1) is 0 Å². The summed E-state index contributed by atoms with van der Waals surface area (Å²) in [5.41, 5.74) is 0.642. The lowest BCUT2D eigenvalue weighted by molar-refractivity contribution is -0.118. The van der Waals surface area contributed by atoms with Crippen LogP contribution in [0.3, 0.4) is 0 Å². The number of allylic oxidation sites excluding steroid dienone is 2. The van der Waals surface area contributed by atoms with E-state index in [0.29, 0.717) is 24.2 Å². The summed E-state index contributed by atoms with van der Waals surface area (Å²) in [5.74, 6) is -0.452. The van der Waals surface area contributed by atoms with Gasteiger partial charge < -0.3 is 20.1 Å². The SMILES string of the molecule is CC1=C(C(=O)NCCCCCCNC(=O)C2=C(C)C3(CCCCC3)OC2=C(C#N)C#N)C(=C(C#N)C#N)OC12CCCCC2. The van der Waals surface area contributed by atoms with E-state index in [2.05, 4.69) is 10.6 Å². The van der Waals surface area contributed by atoms with Crippen LogP contribution in [-0.4, -0.2) is 36.1 Å². The third-order valence-corrected chi connectivity index (χ3v) is 9.52. The highest BCUT2D eigenvalue weighted by atomic mass is 16.5. The van der Waals surface area contributed by atoms with Gasteiger partial charge in [-0.05, 0) is 89.2 Å². The zero-order valence-electron chi connectivity index (χ0n) is 25.7. The van der Waals surface area contributed by atoms with E-state index in [1.165, 1.54) is 0 Å². The predicted molar refractivity (Wildman–Crippen MR) is 160 cm³/mol. The van der Waals surface area contributed by atoms with Gasteiger partial charge in [-0.3, -0.25) is 9.59 Å². The summed E-state index contributed by atoms with van der Waals surface area (Å²) in [4.78, 5) is 26.4. The number of nitrogens with zero attached hydrogens (tertiary/aromatic N) is 4. The van der Waals surface area contributed by atoms with Gasteiger partial charge in [0.05, 0.1) is 11.1 Å². The van der Waals surface area contributed by atoms with E-state index < -0.39 is 11.2 Å². The van der Waals surface area contributed by atoms with E-state index in [1.807, 2.05) is 38.1 Å². The Labute approximate surface area is 259 Å². The van der Waals surface area contributed by atoms with Crippen LogP contribution in [0.1, 0.15) is 104 Å². The molecule has 2 spiro atoms. The topological polar surface area (TPSA) is 172 Å². The lowest BCUT2D eigenvalue weighted by atomic mass is 9.79. The molecule has 0 radical (unpaired) electrons. The molecule has 44 heavy (non-hydrogen) atoms. The molecule has 0 bridgehead atoms. The van der Waals surface area contributed by atoms with Crippen molar-refractivity contribution >= 4 is 11.8 Å². The first-order valence-electron chi connectivity index (χ1n) is 15.7. The zero-order valence-corrected chi connectivity index (χ0v) is 25.7. The molecule has 10 heteroatoms. The van der Waals surface area contributed by atoms with E-state index in [1.54, 1.807) is 0 Å². The molecular weight excluding hydrogens is 556 g/mol. The van der Waals surface area contributed by atoms with Crippen molar-refractivity contribution in [1.82, 2.24) is 10.6 Å². The molecule has 4 aliphatic rings. The number of carbonyl (C=O) groups is 2. The maximum atomic E-state index is 13.2. The first-order chi connectivity index (χ1) is 21.3. The maximum Gasteiger partial charge on any atom is 0.255 e. The fourth-order valence-electron chi connectivity index (χ4n) is 6.98. The van der Waals surface area contributed by atoms with Gasteiger partial charge in [0.25, 0.3) is 11.8 Å². The van der Waals surface area contributed by atoms with E-state index in [-0.39, 0.29) is 34.5 Å². The number of ether oxygens (including phenoxy) is 2. The fourth-order valence-corrected chi connectivity index (χ4v) is 6.98. The summed E-state index contributed by atoms with van der Waals surface area (Å²) in [7, 11) is 0. The van der Waals surface area contributed by atoms with E-state index in [4.69, 9.17) is 9.47 Å². The van der Waals surface area contributed by atoms with Crippen molar-refractivity contribution in [3.8, 4) is 24.3 Å². The van der Waals surface area contributed by atoms with Crippen molar-refractivity contribution in [3.05, 3.63) is 45.0 Å². The monoisotopic (exact) mass is 596 g/mol. The van der Waals surface area contributed by atoms with Crippen molar-refractivity contribution in [1.29, 1.82) is 21.0 Å². The Morgan fingerprint density at radius 1 is 0.614 bits per heavy atom. The third-order valence-electron chi connectivity index (χ3n) is 9.52. The molecule has 2 saturated carbocycles. The lowest BCUT2D eigenvalue weighted by Gasteiger charge is -2.34. The van der Waals surface area contributed by atoms with Crippen LogP contribution in [0.5, 0.6) is 0 Å². The molecule has 0 aromatic heterocycles. The molecule has 0 aromatic rings. The molecule has 2 aliphatic carbocycles. The molecule has 2 amide bonds. The van der Waals surface area contributed by atoms with Gasteiger partial charge >= 0.3 is 0 Å². The van der Waals surface area contributed by atoms with Crippen LogP contribution in [0.2, 0.25) is 0 Å².